The van der Waals surface area contributed by atoms with E-state index in [1.165, 1.54) is 29.0 Å². The Bertz CT molecular complexity index is 1300. The molecule has 0 atom stereocenters. The maximum atomic E-state index is 12.8. The summed E-state index contributed by atoms with van der Waals surface area (Å²) in [6.45, 7) is 3.97. The van der Waals surface area contributed by atoms with E-state index in [4.69, 9.17) is 0 Å². The van der Waals surface area contributed by atoms with Crippen molar-refractivity contribution >= 4 is 44.5 Å². The van der Waals surface area contributed by atoms with E-state index in [0.717, 1.165) is 36.5 Å². The van der Waals surface area contributed by atoms with Crippen LogP contribution in [0.25, 0.3) is 0 Å². The van der Waals surface area contributed by atoms with Gasteiger partial charge >= 0.3 is 0 Å². The van der Waals surface area contributed by atoms with Gasteiger partial charge in [-0.05, 0) is 35.7 Å². The van der Waals surface area contributed by atoms with Gasteiger partial charge < -0.3 is 5.32 Å². The van der Waals surface area contributed by atoms with Gasteiger partial charge in [-0.15, -0.1) is 23.7 Å². The standard InChI is InChI=1S/C24H23N3O3S2.ClH/c1-2-32(29,30)19-10-6-9-18(13-19)23(28)26-24-21(14-25)20-11-12-27(16-22(20)31-24)15-17-7-4-3-5-8-17;/h3-10,13H,2,11-12,15-16H2,1H3,(H,26,28);1H. The van der Waals surface area contributed by atoms with Crippen molar-refractivity contribution in [2.75, 3.05) is 17.6 Å². The molecule has 1 amide bonds. The molecule has 0 saturated heterocycles. The highest BCUT2D eigenvalue weighted by Gasteiger charge is 2.26. The summed E-state index contributed by atoms with van der Waals surface area (Å²) in [5.41, 5.74) is 3.00. The fourth-order valence-corrected chi connectivity index (χ4v) is 5.97. The van der Waals surface area contributed by atoms with E-state index >= 15 is 0 Å². The molecule has 0 unspecified atom stereocenters. The van der Waals surface area contributed by atoms with Gasteiger partial charge in [0.05, 0.1) is 16.2 Å². The van der Waals surface area contributed by atoms with Gasteiger partial charge in [0.25, 0.3) is 5.91 Å². The molecule has 0 bridgehead atoms. The molecule has 0 spiro atoms. The molecule has 172 valence electrons. The number of benzene rings is 2. The third kappa shape index (κ3) is 5.45. The van der Waals surface area contributed by atoms with E-state index in [0.29, 0.717) is 10.6 Å². The molecule has 0 saturated carbocycles. The minimum absolute atomic E-state index is 0. The number of fused-ring (bicyclic) bond motifs is 1. The van der Waals surface area contributed by atoms with Crippen LogP contribution in [0.15, 0.2) is 59.5 Å². The first-order valence-electron chi connectivity index (χ1n) is 10.4. The Morgan fingerprint density at radius 1 is 1.18 bits per heavy atom. The highest BCUT2D eigenvalue weighted by Crippen LogP contribution is 2.37. The Hall–Kier alpha value is -2.70. The number of anilines is 1. The second-order valence-electron chi connectivity index (χ2n) is 7.65. The number of thiophene rings is 1. The Kier molecular flexibility index (Phi) is 7.92. The summed E-state index contributed by atoms with van der Waals surface area (Å²) >= 11 is 1.42. The third-order valence-corrected chi connectivity index (χ3v) is 8.42. The number of nitriles is 1. The van der Waals surface area contributed by atoms with Crippen LogP contribution in [0, 0.1) is 11.3 Å². The lowest BCUT2D eigenvalue weighted by Crippen LogP contribution is -2.29. The van der Waals surface area contributed by atoms with Crippen molar-refractivity contribution in [3.63, 3.8) is 0 Å². The molecular formula is C24H24ClN3O3S2. The number of hydrogen-bond donors (Lipinski definition) is 1. The first-order chi connectivity index (χ1) is 15.4. The summed E-state index contributed by atoms with van der Waals surface area (Å²) in [4.78, 5) is 16.4. The number of nitrogens with one attached hydrogen (secondary N) is 1. The van der Waals surface area contributed by atoms with Gasteiger partial charge in [-0.3, -0.25) is 9.69 Å². The summed E-state index contributed by atoms with van der Waals surface area (Å²) in [6, 6.07) is 18.5. The highest BCUT2D eigenvalue weighted by atomic mass is 35.5. The van der Waals surface area contributed by atoms with Gasteiger partial charge in [-0.25, -0.2) is 8.42 Å². The smallest absolute Gasteiger partial charge is 0.256 e. The number of amides is 1. The van der Waals surface area contributed by atoms with Crippen LogP contribution in [0.1, 0.15) is 38.8 Å². The molecular weight excluding hydrogens is 478 g/mol. The Labute approximate surface area is 204 Å². The average Bonchev–Trinajstić information content (AvgIpc) is 3.15. The van der Waals surface area contributed by atoms with Gasteiger partial charge in [0, 0.05) is 30.1 Å². The quantitative estimate of drug-likeness (QED) is 0.531. The van der Waals surface area contributed by atoms with Crippen molar-refractivity contribution in [3.05, 3.63) is 81.7 Å². The predicted octanol–water partition coefficient (Wildman–Crippen LogP) is 4.65. The number of rotatable bonds is 6. The van der Waals surface area contributed by atoms with Crippen LogP contribution in [-0.4, -0.2) is 31.5 Å². The van der Waals surface area contributed by atoms with Crippen LogP contribution in [-0.2, 0) is 29.3 Å². The lowest BCUT2D eigenvalue weighted by Gasteiger charge is -2.26. The number of carbonyl (C=O) groups is 1. The number of halogens is 1. The minimum atomic E-state index is -3.41. The summed E-state index contributed by atoms with van der Waals surface area (Å²) in [5, 5.41) is 13.1. The van der Waals surface area contributed by atoms with Crippen LogP contribution < -0.4 is 5.32 Å². The normalized spacial score (nSPS) is 13.5. The summed E-state index contributed by atoms with van der Waals surface area (Å²) in [5.74, 6) is -0.456. The second kappa shape index (κ2) is 10.5. The van der Waals surface area contributed by atoms with Crippen molar-refractivity contribution < 1.29 is 13.2 Å². The molecule has 2 heterocycles. The Morgan fingerprint density at radius 3 is 2.64 bits per heavy atom. The van der Waals surface area contributed by atoms with Crippen molar-refractivity contribution in [1.29, 1.82) is 5.26 Å². The lowest BCUT2D eigenvalue weighted by atomic mass is 10.0. The first-order valence-corrected chi connectivity index (χ1v) is 12.8. The number of carbonyl (C=O) groups excluding carboxylic acids is 1. The fraction of sp³-hybridized carbons (Fsp3) is 0.250. The van der Waals surface area contributed by atoms with E-state index in [1.54, 1.807) is 19.1 Å². The van der Waals surface area contributed by atoms with Gasteiger partial charge in [0.2, 0.25) is 0 Å². The summed E-state index contributed by atoms with van der Waals surface area (Å²) < 4.78 is 24.3. The van der Waals surface area contributed by atoms with Crippen LogP contribution in [0.2, 0.25) is 0 Å². The van der Waals surface area contributed by atoms with E-state index in [2.05, 4.69) is 28.4 Å². The lowest BCUT2D eigenvalue weighted by molar-refractivity contribution is 0.102. The van der Waals surface area contributed by atoms with Crippen LogP contribution in [0.3, 0.4) is 0 Å². The molecule has 2 aromatic carbocycles. The van der Waals surface area contributed by atoms with Gasteiger partial charge in [-0.2, -0.15) is 5.26 Å². The minimum Gasteiger partial charge on any atom is -0.312 e. The molecule has 6 nitrogen and oxygen atoms in total. The molecule has 0 aliphatic carbocycles. The van der Waals surface area contributed by atoms with E-state index in [-0.39, 0.29) is 28.6 Å². The zero-order valence-electron chi connectivity index (χ0n) is 18.1. The number of nitrogens with zero attached hydrogens (tertiary/aromatic N) is 2. The molecule has 0 radical (unpaired) electrons. The summed E-state index contributed by atoms with van der Waals surface area (Å²) in [6.07, 6.45) is 0.752. The van der Waals surface area contributed by atoms with E-state index in [1.807, 2.05) is 18.2 Å². The van der Waals surface area contributed by atoms with E-state index < -0.39 is 15.7 Å². The van der Waals surface area contributed by atoms with Gasteiger partial charge in [0.15, 0.2) is 9.84 Å². The van der Waals surface area contributed by atoms with Gasteiger partial charge in [0.1, 0.15) is 11.1 Å². The molecule has 33 heavy (non-hydrogen) atoms. The number of sulfone groups is 1. The largest absolute Gasteiger partial charge is 0.312 e. The highest BCUT2D eigenvalue weighted by molar-refractivity contribution is 7.91. The zero-order valence-corrected chi connectivity index (χ0v) is 20.5. The van der Waals surface area contributed by atoms with Crippen molar-refractivity contribution in [2.45, 2.75) is 31.3 Å². The van der Waals surface area contributed by atoms with Crippen LogP contribution in [0.5, 0.6) is 0 Å². The third-order valence-electron chi connectivity index (χ3n) is 5.56. The monoisotopic (exact) mass is 501 g/mol. The fourth-order valence-electron chi connectivity index (χ4n) is 3.81. The first kappa shape index (κ1) is 24.9. The zero-order chi connectivity index (χ0) is 22.7. The van der Waals surface area contributed by atoms with Crippen molar-refractivity contribution in [1.82, 2.24) is 4.90 Å². The van der Waals surface area contributed by atoms with E-state index in [9.17, 15) is 18.5 Å². The Morgan fingerprint density at radius 2 is 1.94 bits per heavy atom. The molecule has 1 aliphatic rings. The molecule has 0 fully saturated rings. The molecule has 1 aliphatic heterocycles. The maximum Gasteiger partial charge on any atom is 0.256 e. The van der Waals surface area contributed by atoms with Crippen LogP contribution >= 0.6 is 23.7 Å². The maximum absolute atomic E-state index is 12.8. The second-order valence-corrected chi connectivity index (χ2v) is 11.0. The molecule has 4 rings (SSSR count). The summed E-state index contributed by atoms with van der Waals surface area (Å²) in [7, 11) is -3.41. The topological polar surface area (TPSA) is 90.3 Å². The molecule has 1 N–H and O–H groups in total. The molecule has 9 heteroatoms. The molecule has 1 aromatic heterocycles. The van der Waals surface area contributed by atoms with Crippen molar-refractivity contribution in [3.8, 4) is 6.07 Å². The average molecular weight is 502 g/mol. The van der Waals surface area contributed by atoms with Crippen molar-refractivity contribution in [2.24, 2.45) is 0 Å². The Balaban J connectivity index is 0.00000306. The predicted molar refractivity (Wildman–Crippen MR) is 133 cm³/mol. The number of hydrogen-bond acceptors (Lipinski definition) is 6. The van der Waals surface area contributed by atoms with Gasteiger partial charge in [-0.1, -0.05) is 43.3 Å². The SMILES string of the molecule is CCS(=O)(=O)c1cccc(C(=O)Nc2sc3c(c2C#N)CCN(Cc2ccccc2)C3)c1.Cl. The molecule has 3 aromatic rings. The van der Waals surface area contributed by atoms with Crippen LogP contribution in [0.4, 0.5) is 5.00 Å².